The molecule has 0 fully saturated rings. The summed E-state index contributed by atoms with van der Waals surface area (Å²) in [6.45, 7) is 4.80. The first-order chi connectivity index (χ1) is 7.57. The van der Waals surface area contributed by atoms with Crippen molar-refractivity contribution in [2.24, 2.45) is 0 Å². The van der Waals surface area contributed by atoms with E-state index in [2.05, 4.69) is 27.8 Å². The van der Waals surface area contributed by atoms with E-state index in [4.69, 9.17) is 9.84 Å². The number of nitrogens with zero attached hydrogens (tertiary/aromatic N) is 2. The van der Waals surface area contributed by atoms with E-state index in [-0.39, 0.29) is 5.69 Å². The van der Waals surface area contributed by atoms with Gasteiger partial charge in [-0.3, -0.25) is 4.57 Å². The Labute approximate surface area is 103 Å². The number of unbranched alkanes of at least 4 members (excludes halogenated alkanes) is 1. The molecule has 0 aliphatic carbocycles. The van der Waals surface area contributed by atoms with Crippen molar-refractivity contribution in [2.75, 3.05) is 6.61 Å². The Morgan fingerprint density at radius 3 is 2.81 bits per heavy atom. The molecule has 0 unspecified atom stereocenters. The van der Waals surface area contributed by atoms with Crippen molar-refractivity contribution in [3.05, 3.63) is 16.1 Å². The molecule has 16 heavy (non-hydrogen) atoms. The lowest BCUT2D eigenvalue weighted by atomic mass is 10.3. The molecule has 5 nitrogen and oxygen atoms in total. The minimum absolute atomic E-state index is 0.0611. The minimum atomic E-state index is -1.02. The highest BCUT2D eigenvalue weighted by molar-refractivity contribution is 9.10. The van der Waals surface area contributed by atoms with Crippen LogP contribution in [0.25, 0.3) is 0 Å². The Morgan fingerprint density at radius 2 is 2.31 bits per heavy atom. The highest BCUT2D eigenvalue weighted by Gasteiger charge is 2.17. The summed E-state index contributed by atoms with van der Waals surface area (Å²) in [4.78, 5) is 14.7. The predicted octanol–water partition coefficient (Wildman–Crippen LogP) is 2.43. The number of carbonyl (C=O) groups is 1. The Morgan fingerprint density at radius 1 is 1.62 bits per heavy atom. The van der Waals surface area contributed by atoms with Crippen LogP contribution < -0.4 is 0 Å². The summed E-state index contributed by atoms with van der Waals surface area (Å²) in [5, 5.41) is 8.88. The van der Waals surface area contributed by atoms with Crippen molar-refractivity contribution in [2.45, 2.75) is 33.4 Å². The molecule has 0 saturated carbocycles. The molecule has 0 aromatic carbocycles. The summed E-state index contributed by atoms with van der Waals surface area (Å²) < 4.78 is 7.59. The summed E-state index contributed by atoms with van der Waals surface area (Å²) in [6, 6.07) is 0. The molecule has 0 radical (unpaired) electrons. The fraction of sp³-hybridized carbons (Fsp3) is 0.600. The zero-order valence-corrected chi connectivity index (χ0v) is 11.0. The molecule has 0 spiro atoms. The summed E-state index contributed by atoms with van der Waals surface area (Å²) >= 11 is 3.21. The van der Waals surface area contributed by atoms with Crippen LogP contribution in [0.15, 0.2) is 4.73 Å². The van der Waals surface area contributed by atoms with Gasteiger partial charge in [0.2, 0.25) is 0 Å². The molecule has 90 valence electrons. The first kappa shape index (κ1) is 13.2. The fourth-order valence-corrected chi connectivity index (χ4v) is 1.80. The van der Waals surface area contributed by atoms with Crippen LogP contribution in [0.3, 0.4) is 0 Å². The molecule has 0 amide bonds. The van der Waals surface area contributed by atoms with Crippen LogP contribution in [0.1, 0.15) is 35.9 Å². The third kappa shape index (κ3) is 3.05. The lowest BCUT2D eigenvalue weighted by molar-refractivity contribution is 0.0681. The molecular formula is C10H15BrN2O3. The third-order valence-corrected chi connectivity index (χ3v) is 2.84. The van der Waals surface area contributed by atoms with Gasteiger partial charge in [-0.15, -0.1) is 0 Å². The van der Waals surface area contributed by atoms with Crippen molar-refractivity contribution < 1.29 is 14.6 Å². The van der Waals surface area contributed by atoms with Crippen LogP contribution >= 0.6 is 15.9 Å². The summed E-state index contributed by atoms with van der Waals surface area (Å²) in [6.07, 6.45) is 2.07. The number of rotatable bonds is 6. The number of hydrogen-bond donors (Lipinski definition) is 1. The van der Waals surface area contributed by atoms with Gasteiger partial charge in [-0.25, -0.2) is 9.78 Å². The van der Waals surface area contributed by atoms with Crippen LogP contribution in [0.2, 0.25) is 0 Å². The molecule has 1 N–H and O–H groups in total. The van der Waals surface area contributed by atoms with Gasteiger partial charge >= 0.3 is 5.97 Å². The second-order valence-corrected chi connectivity index (χ2v) is 4.15. The van der Waals surface area contributed by atoms with Crippen LogP contribution in [-0.4, -0.2) is 27.2 Å². The van der Waals surface area contributed by atoms with Crippen molar-refractivity contribution >= 4 is 21.9 Å². The second kappa shape index (κ2) is 6.00. The average Bonchev–Trinajstić information content (AvgIpc) is 2.51. The minimum Gasteiger partial charge on any atom is -0.476 e. The van der Waals surface area contributed by atoms with E-state index in [1.54, 1.807) is 11.5 Å². The fourth-order valence-electron chi connectivity index (χ4n) is 1.25. The standard InChI is InChI=1S/C10H15BrN2O3/c1-3-4-5-16-6-13-7(2)8(9(14)15)12-10(13)11/h3-6H2,1-2H3,(H,14,15). The van der Waals surface area contributed by atoms with Crippen LogP contribution in [0, 0.1) is 6.92 Å². The normalized spacial score (nSPS) is 10.7. The number of aromatic carboxylic acids is 1. The first-order valence-electron chi connectivity index (χ1n) is 5.11. The van der Waals surface area contributed by atoms with Crippen molar-refractivity contribution in [3.8, 4) is 0 Å². The van der Waals surface area contributed by atoms with Gasteiger partial charge in [-0.2, -0.15) is 0 Å². The van der Waals surface area contributed by atoms with Gasteiger partial charge in [-0.05, 0) is 29.3 Å². The zero-order valence-electron chi connectivity index (χ0n) is 9.36. The molecule has 6 heteroatoms. The number of imidazole rings is 1. The van der Waals surface area contributed by atoms with E-state index >= 15 is 0 Å². The SMILES string of the molecule is CCCCOCn1c(Br)nc(C(=O)O)c1C. The lowest BCUT2D eigenvalue weighted by Crippen LogP contribution is -2.07. The molecule has 1 rings (SSSR count). The summed E-state index contributed by atoms with van der Waals surface area (Å²) in [5.74, 6) is -1.02. The van der Waals surface area contributed by atoms with Crippen LogP contribution in [0.4, 0.5) is 0 Å². The first-order valence-corrected chi connectivity index (χ1v) is 5.90. The van der Waals surface area contributed by atoms with Gasteiger partial charge < -0.3 is 9.84 Å². The highest BCUT2D eigenvalue weighted by atomic mass is 79.9. The molecule has 0 atom stereocenters. The topological polar surface area (TPSA) is 64.4 Å². The average molecular weight is 291 g/mol. The van der Waals surface area contributed by atoms with Crippen molar-refractivity contribution in [3.63, 3.8) is 0 Å². The molecule has 1 heterocycles. The summed E-state index contributed by atoms with van der Waals surface area (Å²) in [5.41, 5.74) is 0.654. The highest BCUT2D eigenvalue weighted by Crippen LogP contribution is 2.16. The molecule has 0 aliphatic rings. The van der Waals surface area contributed by atoms with E-state index in [0.29, 0.717) is 23.8 Å². The third-order valence-electron chi connectivity index (χ3n) is 2.24. The largest absolute Gasteiger partial charge is 0.476 e. The Hall–Kier alpha value is -0.880. The number of hydrogen-bond acceptors (Lipinski definition) is 3. The quantitative estimate of drug-likeness (QED) is 0.817. The number of halogens is 1. The van der Waals surface area contributed by atoms with Crippen LogP contribution in [-0.2, 0) is 11.5 Å². The maximum Gasteiger partial charge on any atom is 0.356 e. The number of ether oxygens (including phenoxy) is 1. The van der Waals surface area contributed by atoms with Gasteiger partial charge in [0, 0.05) is 6.61 Å². The Balaban J connectivity index is 2.69. The number of carboxylic acid groups (broad SMARTS) is 1. The Kier molecular flexibility index (Phi) is 4.95. The monoisotopic (exact) mass is 290 g/mol. The smallest absolute Gasteiger partial charge is 0.356 e. The van der Waals surface area contributed by atoms with Gasteiger partial charge in [0.25, 0.3) is 0 Å². The van der Waals surface area contributed by atoms with E-state index in [1.807, 2.05) is 0 Å². The number of carboxylic acids is 1. The molecule has 0 saturated heterocycles. The summed E-state index contributed by atoms with van der Waals surface area (Å²) in [7, 11) is 0. The van der Waals surface area contributed by atoms with Gasteiger partial charge in [-0.1, -0.05) is 13.3 Å². The van der Waals surface area contributed by atoms with E-state index in [9.17, 15) is 4.79 Å². The van der Waals surface area contributed by atoms with E-state index in [0.717, 1.165) is 12.8 Å². The molecule has 0 bridgehead atoms. The molecule has 0 aliphatic heterocycles. The predicted molar refractivity (Wildman–Crippen MR) is 62.5 cm³/mol. The maximum absolute atomic E-state index is 10.8. The lowest BCUT2D eigenvalue weighted by Gasteiger charge is -2.07. The molecule has 1 aromatic rings. The number of aromatic nitrogens is 2. The zero-order chi connectivity index (χ0) is 12.1. The van der Waals surface area contributed by atoms with E-state index in [1.165, 1.54) is 0 Å². The van der Waals surface area contributed by atoms with Crippen molar-refractivity contribution in [1.29, 1.82) is 0 Å². The Bertz CT molecular complexity index is 376. The van der Waals surface area contributed by atoms with Gasteiger partial charge in [0.1, 0.15) is 6.73 Å². The van der Waals surface area contributed by atoms with Crippen molar-refractivity contribution in [1.82, 2.24) is 9.55 Å². The maximum atomic E-state index is 10.8. The molecular weight excluding hydrogens is 276 g/mol. The molecule has 1 aromatic heterocycles. The van der Waals surface area contributed by atoms with Gasteiger partial charge in [0.15, 0.2) is 10.4 Å². The second-order valence-electron chi connectivity index (χ2n) is 3.44. The van der Waals surface area contributed by atoms with E-state index < -0.39 is 5.97 Å². The van der Waals surface area contributed by atoms with Crippen LogP contribution in [0.5, 0.6) is 0 Å². The van der Waals surface area contributed by atoms with Gasteiger partial charge in [0.05, 0.1) is 5.69 Å².